The Hall–Kier alpha value is -2.79. The first-order valence-corrected chi connectivity index (χ1v) is 9.21. The maximum atomic E-state index is 12.5. The van der Waals surface area contributed by atoms with Gasteiger partial charge in [0.15, 0.2) is 0 Å². The van der Waals surface area contributed by atoms with Crippen LogP contribution in [0.4, 0.5) is 0 Å². The van der Waals surface area contributed by atoms with E-state index in [1.807, 2.05) is 49.5 Å². The summed E-state index contributed by atoms with van der Waals surface area (Å²) in [4.78, 5) is 17.9. The average Bonchev–Trinajstić information content (AvgIpc) is 3.04. The number of aromatic amines is 1. The van der Waals surface area contributed by atoms with Crippen LogP contribution in [0.1, 0.15) is 18.1 Å². The molecule has 142 valence electrons. The summed E-state index contributed by atoms with van der Waals surface area (Å²) in [5.41, 5.74) is 3.26. The van der Waals surface area contributed by atoms with E-state index in [1.165, 1.54) is 5.56 Å². The Bertz CT molecular complexity index is 889. The van der Waals surface area contributed by atoms with Crippen molar-refractivity contribution in [1.82, 2.24) is 15.2 Å². The van der Waals surface area contributed by atoms with Gasteiger partial charge in [-0.3, -0.25) is 4.79 Å². The first-order chi connectivity index (χ1) is 13.0. The number of carbonyl (C=O) groups is 1. The summed E-state index contributed by atoms with van der Waals surface area (Å²) in [6.07, 6.45) is 2.25. The van der Waals surface area contributed by atoms with E-state index in [1.54, 1.807) is 7.11 Å². The largest absolute Gasteiger partial charge is 0.497 e. The molecule has 1 amide bonds. The van der Waals surface area contributed by atoms with Crippen molar-refractivity contribution in [3.05, 3.63) is 65.9 Å². The molecule has 0 aliphatic heterocycles. The lowest BCUT2D eigenvalue weighted by Crippen LogP contribution is -2.41. The van der Waals surface area contributed by atoms with Crippen molar-refractivity contribution in [2.45, 2.75) is 25.9 Å². The number of nitrogens with one attached hydrogen (secondary N) is 2. The van der Waals surface area contributed by atoms with E-state index in [9.17, 15) is 4.79 Å². The van der Waals surface area contributed by atoms with Gasteiger partial charge in [-0.05, 0) is 43.3 Å². The van der Waals surface area contributed by atoms with Crippen LogP contribution in [-0.4, -0.2) is 42.5 Å². The number of ether oxygens (including phenoxy) is 1. The van der Waals surface area contributed by atoms with Gasteiger partial charge >= 0.3 is 0 Å². The summed E-state index contributed by atoms with van der Waals surface area (Å²) in [5.74, 6) is 0.819. The van der Waals surface area contributed by atoms with Crippen LogP contribution >= 0.6 is 0 Å². The average molecular weight is 365 g/mol. The summed E-state index contributed by atoms with van der Waals surface area (Å²) in [6, 6.07) is 16.3. The Balaban J connectivity index is 1.54. The normalized spacial score (nSPS) is 12.3. The molecule has 0 radical (unpaired) electrons. The van der Waals surface area contributed by atoms with Gasteiger partial charge in [0.2, 0.25) is 5.91 Å². The molecule has 27 heavy (non-hydrogen) atoms. The van der Waals surface area contributed by atoms with Gasteiger partial charge in [-0.2, -0.15) is 0 Å². The van der Waals surface area contributed by atoms with Crippen LogP contribution in [0.2, 0.25) is 0 Å². The summed E-state index contributed by atoms with van der Waals surface area (Å²) >= 11 is 0. The minimum atomic E-state index is 0.0272. The zero-order valence-electron chi connectivity index (χ0n) is 16.2. The molecule has 1 heterocycles. The molecule has 0 unspecified atom stereocenters. The molecular weight excluding hydrogens is 338 g/mol. The first-order valence-electron chi connectivity index (χ1n) is 9.21. The van der Waals surface area contributed by atoms with Crippen molar-refractivity contribution in [2.75, 3.05) is 20.7 Å². The second-order valence-electron chi connectivity index (χ2n) is 7.05. The number of methoxy groups -OCH3 is 1. The summed E-state index contributed by atoms with van der Waals surface area (Å²) < 4.78 is 5.29. The van der Waals surface area contributed by atoms with Crippen LogP contribution in [-0.2, 0) is 17.8 Å². The van der Waals surface area contributed by atoms with Gasteiger partial charge < -0.3 is 19.9 Å². The van der Waals surface area contributed by atoms with Gasteiger partial charge in [-0.1, -0.05) is 30.3 Å². The maximum absolute atomic E-state index is 12.5. The van der Waals surface area contributed by atoms with Crippen molar-refractivity contribution in [2.24, 2.45) is 0 Å². The van der Waals surface area contributed by atoms with Gasteiger partial charge in [0, 0.05) is 36.2 Å². The number of amides is 1. The van der Waals surface area contributed by atoms with E-state index >= 15 is 0 Å². The van der Waals surface area contributed by atoms with Crippen LogP contribution in [0.15, 0.2) is 54.7 Å². The zero-order valence-corrected chi connectivity index (χ0v) is 16.2. The number of rotatable bonds is 8. The lowest BCUT2D eigenvalue weighted by molar-refractivity contribution is -0.121. The molecule has 0 bridgehead atoms. The Labute approximate surface area is 160 Å². The quantitative estimate of drug-likeness (QED) is 0.644. The van der Waals surface area contributed by atoms with E-state index in [-0.39, 0.29) is 11.9 Å². The van der Waals surface area contributed by atoms with E-state index in [4.69, 9.17) is 4.74 Å². The SMILES string of the molecule is COc1ccc2[nH]cc(CC(=O)N[C@@H](C)CN(C)Cc3ccccc3)c2c1. The number of hydrogen-bond donors (Lipinski definition) is 2. The van der Waals surface area contributed by atoms with Crippen molar-refractivity contribution < 1.29 is 9.53 Å². The third-order valence-corrected chi connectivity index (χ3v) is 4.61. The molecule has 2 aromatic carbocycles. The molecule has 5 nitrogen and oxygen atoms in total. The van der Waals surface area contributed by atoms with Crippen LogP contribution in [0, 0.1) is 0 Å². The maximum Gasteiger partial charge on any atom is 0.224 e. The van der Waals surface area contributed by atoms with Crippen LogP contribution in [0.3, 0.4) is 0 Å². The highest BCUT2D eigenvalue weighted by atomic mass is 16.5. The molecular formula is C22H27N3O2. The minimum absolute atomic E-state index is 0.0272. The monoisotopic (exact) mass is 365 g/mol. The Morgan fingerprint density at radius 3 is 2.74 bits per heavy atom. The summed E-state index contributed by atoms with van der Waals surface area (Å²) in [7, 11) is 3.72. The van der Waals surface area contributed by atoms with Crippen molar-refractivity contribution >= 4 is 16.8 Å². The molecule has 0 aliphatic carbocycles. The molecule has 3 aromatic rings. The highest BCUT2D eigenvalue weighted by Gasteiger charge is 2.13. The molecule has 2 N–H and O–H groups in total. The summed E-state index contributed by atoms with van der Waals surface area (Å²) in [6.45, 7) is 3.70. The fraction of sp³-hybridized carbons (Fsp3) is 0.318. The molecule has 1 aromatic heterocycles. The molecule has 5 heteroatoms. The van der Waals surface area contributed by atoms with E-state index in [0.29, 0.717) is 6.42 Å². The first kappa shape index (κ1) is 19.0. The number of likely N-dealkylation sites (N-methyl/N-ethyl adjacent to an activating group) is 1. The van der Waals surface area contributed by atoms with Crippen LogP contribution in [0.25, 0.3) is 10.9 Å². The number of nitrogens with zero attached hydrogens (tertiary/aromatic N) is 1. The number of carbonyl (C=O) groups excluding carboxylic acids is 1. The van der Waals surface area contributed by atoms with E-state index in [2.05, 4.69) is 34.4 Å². The minimum Gasteiger partial charge on any atom is -0.497 e. The highest BCUT2D eigenvalue weighted by Crippen LogP contribution is 2.23. The number of H-pyrrole nitrogens is 1. The second-order valence-corrected chi connectivity index (χ2v) is 7.05. The fourth-order valence-electron chi connectivity index (χ4n) is 3.40. The smallest absolute Gasteiger partial charge is 0.224 e. The van der Waals surface area contributed by atoms with Gasteiger partial charge in [-0.25, -0.2) is 0 Å². The predicted octanol–water partition coefficient (Wildman–Crippen LogP) is 3.36. The fourth-order valence-corrected chi connectivity index (χ4v) is 3.40. The molecule has 0 fully saturated rings. The standard InChI is InChI=1S/C22H27N3O2/c1-16(14-25(2)15-17-7-5-4-6-8-17)24-22(26)11-18-13-23-21-10-9-19(27-3)12-20(18)21/h4-10,12-13,16,23H,11,14-15H2,1-3H3,(H,24,26)/t16-/m0/s1. The van der Waals surface area contributed by atoms with Gasteiger partial charge in [0.05, 0.1) is 13.5 Å². The topological polar surface area (TPSA) is 57.4 Å². The lowest BCUT2D eigenvalue weighted by atomic mass is 10.1. The lowest BCUT2D eigenvalue weighted by Gasteiger charge is -2.22. The Morgan fingerprint density at radius 2 is 2.00 bits per heavy atom. The van der Waals surface area contributed by atoms with Crippen molar-refractivity contribution in [1.29, 1.82) is 0 Å². The van der Waals surface area contributed by atoms with Gasteiger partial charge in [0.1, 0.15) is 5.75 Å². The molecule has 0 aliphatic rings. The number of fused-ring (bicyclic) bond motifs is 1. The number of benzene rings is 2. The van der Waals surface area contributed by atoms with Crippen molar-refractivity contribution in [3.8, 4) is 5.75 Å². The van der Waals surface area contributed by atoms with Crippen LogP contribution < -0.4 is 10.1 Å². The molecule has 0 saturated heterocycles. The third kappa shape index (κ3) is 5.11. The second kappa shape index (κ2) is 8.73. The van der Waals surface area contributed by atoms with Crippen LogP contribution in [0.5, 0.6) is 5.75 Å². The van der Waals surface area contributed by atoms with Crippen molar-refractivity contribution in [3.63, 3.8) is 0 Å². The molecule has 0 spiro atoms. The van der Waals surface area contributed by atoms with E-state index in [0.717, 1.165) is 35.3 Å². The van der Waals surface area contributed by atoms with Gasteiger partial charge in [-0.15, -0.1) is 0 Å². The summed E-state index contributed by atoms with van der Waals surface area (Å²) in [5, 5.41) is 4.13. The highest BCUT2D eigenvalue weighted by molar-refractivity contribution is 5.89. The molecule has 3 rings (SSSR count). The number of aromatic nitrogens is 1. The van der Waals surface area contributed by atoms with E-state index < -0.39 is 0 Å². The number of hydrogen-bond acceptors (Lipinski definition) is 3. The zero-order chi connectivity index (χ0) is 19.2. The predicted molar refractivity (Wildman–Crippen MR) is 109 cm³/mol. The Morgan fingerprint density at radius 1 is 1.22 bits per heavy atom. The molecule has 0 saturated carbocycles. The third-order valence-electron chi connectivity index (χ3n) is 4.61. The Kier molecular flexibility index (Phi) is 6.14. The van der Waals surface area contributed by atoms with Gasteiger partial charge in [0.25, 0.3) is 0 Å². The molecule has 1 atom stereocenters.